The minimum atomic E-state index is -0.327. The van der Waals surface area contributed by atoms with E-state index in [1.54, 1.807) is 4.57 Å². The minimum absolute atomic E-state index is 0.0733. The Morgan fingerprint density at radius 3 is 2.53 bits per heavy atom. The summed E-state index contributed by atoms with van der Waals surface area (Å²) in [5, 5.41) is 3.84. The van der Waals surface area contributed by atoms with Gasteiger partial charge in [0.25, 0.3) is 5.56 Å². The standard InChI is InChI=1S/C28H36N4O2/c1-5-24(31(6-2)28(34)29-21-12-8-7-9-13-21)26-30-23-15-11-10-14-22(23)27(33)32(26)25-17-16-19(3)18-20(25)4/h10-11,14-18,21,24H,5-9,12-13H2,1-4H3,(H,29,34). The largest absolute Gasteiger partial charge is 0.335 e. The van der Waals surface area contributed by atoms with Crippen LogP contribution in [0.1, 0.15) is 75.4 Å². The highest BCUT2D eigenvalue weighted by molar-refractivity contribution is 5.78. The van der Waals surface area contributed by atoms with Crippen molar-refractivity contribution in [2.45, 2.75) is 78.3 Å². The van der Waals surface area contributed by atoms with E-state index in [0.29, 0.717) is 29.7 Å². The fraction of sp³-hybridized carbons (Fsp3) is 0.464. The predicted molar refractivity (Wildman–Crippen MR) is 138 cm³/mol. The van der Waals surface area contributed by atoms with Crippen LogP contribution >= 0.6 is 0 Å². The molecule has 180 valence electrons. The zero-order chi connectivity index (χ0) is 24.2. The van der Waals surface area contributed by atoms with Gasteiger partial charge in [0.1, 0.15) is 5.82 Å². The van der Waals surface area contributed by atoms with Crippen molar-refractivity contribution in [3.05, 3.63) is 69.8 Å². The van der Waals surface area contributed by atoms with Crippen molar-refractivity contribution in [2.24, 2.45) is 0 Å². The van der Waals surface area contributed by atoms with Crippen LogP contribution < -0.4 is 10.9 Å². The zero-order valence-electron chi connectivity index (χ0n) is 20.8. The average molecular weight is 461 g/mol. The third kappa shape index (κ3) is 4.72. The second-order valence-electron chi connectivity index (χ2n) is 9.41. The maximum absolute atomic E-state index is 13.8. The summed E-state index contributed by atoms with van der Waals surface area (Å²) in [5.74, 6) is 0.610. The first-order valence-corrected chi connectivity index (χ1v) is 12.6. The monoisotopic (exact) mass is 460 g/mol. The maximum atomic E-state index is 13.8. The van der Waals surface area contributed by atoms with Gasteiger partial charge in [0.15, 0.2) is 0 Å². The number of nitrogens with zero attached hydrogens (tertiary/aromatic N) is 3. The van der Waals surface area contributed by atoms with E-state index in [1.165, 1.54) is 6.42 Å². The van der Waals surface area contributed by atoms with Gasteiger partial charge in [-0.05, 0) is 63.8 Å². The van der Waals surface area contributed by atoms with Crippen LogP contribution in [0.3, 0.4) is 0 Å². The molecule has 0 radical (unpaired) electrons. The van der Waals surface area contributed by atoms with Gasteiger partial charge in [-0.15, -0.1) is 0 Å². The topological polar surface area (TPSA) is 67.2 Å². The van der Waals surface area contributed by atoms with Crippen LogP contribution in [0.25, 0.3) is 16.6 Å². The van der Waals surface area contributed by atoms with Gasteiger partial charge in [0.05, 0.1) is 22.6 Å². The first kappa shape index (κ1) is 24.0. The molecule has 1 saturated carbocycles. The van der Waals surface area contributed by atoms with Crippen LogP contribution in [0, 0.1) is 13.8 Å². The van der Waals surface area contributed by atoms with Crippen LogP contribution in [-0.2, 0) is 0 Å². The van der Waals surface area contributed by atoms with Gasteiger partial charge in [-0.2, -0.15) is 0 Å². The highest BCUT2D eigenvalue weighted by Crippen LogP contribution is 2.28. The molecule has 3 aromatic rings. The Bertz CT molecular complexity index is 1230. The molecule has 1 aliphatic carbocycles. The number of carbonyl (C=O) groups is 1. The summed E-state index contributed by atoms with van der Waals surface area (Å²) in [4.78, 5) is 34.1. The zero-order valence-corrected chi connectivity index (χ0v) is 20.8. The number of hydrogen-bond acceptors (Lipinski definition) is 3. The summed E-state index contributed by atoms with van der Waals surface area (Å²) < 4.78 is 1.72. The molecule has 0 saturated heterocycles. The number of amides is 2. The van der Waals surface area contributed by atoms with Crippen molar-refractivity contribution in [1.82, 2.24) is 19.8 Å². The lowest BCUT2D eigenvalue weighted by atomic mass is 9.96. The third-order valence-electron chi connectivity index (χ3n) is 6.99. The lowest BCUT2D eigenvalue weighted by Gasteiger charge is -2.34. The molecule has 0 spiro atoms. The number of fused-ring (bicyclic) bond motifs is 1. The van der Waals surface area contributed by atoms with E-state index >= 15 is 0 Å². The van der Waals surface area contributed by atoms with Crippen molar-refractivity contribution in [1.29, 1.82) is 0 Å². The Labute approximate surface area is 202 Å². The number of hydrogen-bond donors (Lipinski definition) is 1. The Kier molecular flexibility index (Phi) is 7.35. The van der Waals surface area contributed by atoms with Gasteiger partial charge in [-0.25, -0.2) is 9.78 Å². The van der Waals surface area contributed by atoms with Crippen molar-refractivity contribution >= 4 is 16.9 Å². The van der Waals surface area contributed by atoms with Crippen molar-refractivity contribution in [3.63, 3.8) is 0 Å². The molecule has 34 heavy (non-hydrogen) atoms. The van der Waals surface area contributed by atoms with Gasteiger partial charge < -0.3 is 10.2 Å². The lowest BCUT2D eigenvalue weighted by molar-refractivity contribution is 0.165. The molecule has 6 heteroatoms. The van der Waals surface area contributed by atoms with E-state index < -0.39 is 0 Å². The Morgan fingerprint density at radius 2 is 1.85 bits per heavy atom. The molecule has 4 rings (SSSR count). The number of aromatic nitrogens is 2. The fourth-order valence-corrected chi connectivity index (χ4v) is 5.21. The number of benzene rings is 2. The first-order chi connectivity index (χ1) is 16.4. The number of rotatable bonds is 6. The second kappa shape index (κ2) is 10.4. The van der Waals surface area contributed by atoms with Gasteiger partial charge in [-0.1, -0.05) is 56.0 Å². The SMILES string of the molecule is CCC(c1nc2ccccc2c(=O)n1-c1ccc(C)cc1C)N(CC)C(=O)NC1CCCCC1. The normalized spacial score (nSPS) is 15.3. The number of nitrogens with one attached hydrogen (secondary N) is 1. The molecular formula is C28H36N4O2. The molecule has 1 atom stereocenters. The molecule has 1 aliphatic rings. The Morgan fingerprint density at radius 1 is 1.12 bits per heavy atom. The summed E-state index contributed by atoms with van der Waals surface area (Å²) in [6, 6.07) is 13.4. The molecule has 1 heterocycles. The Hall–Kier alpha value is -3.15. The van der Waals surface area contributed by atoms with Crippen LogP contribution in [-0.4, -0.2) is 33.1 Å². The van der Waals surface area contributed by atoms with Crippen molar-refractivity contribution in [2.75, 3.05) is 6.54 Å². The molecule has 0 bridgehead atoms. The van der Waals surface area contributed by atoms with Crippen molar-refractivity contribution in [3.8, 4) is 5.69 Å². The smallest absolute Gasteiger partial charge is 0.318 e. The average Bonchev–Trinajstić information content (AvgIpc) is 2.83. The summed E-state index contributed by atoms with van der Waals surface area (Å²) in [5.41, 5.74) is 3.51. The van der Waals surface area contributed by atoms with Gasteiger partial charge in [0, 0.05) is 12.6 Å². The van der Waals surface area contributed by atoms with Gasteiger partial charge >= 0.3 is 6.03 Å². The molecule has 0 aliphatic heterocycles. The minimum Gasteiger partial charge on any atom is -0.335 e. The second-order valence-corrected chi connectivity index (χ2v) is 9.41. The van der Waals surface area contributed by atoms with E-state index in [2.05, 4.69) is 18.3 Å². The van der Waals surface area contributed by atoms with Crippen LogP contribution in [0.5, 0.6) is 0 Å². The van der Waals surface area contributed by atoms with E-state index in [9.17, 15) is 9.59 Å². The number of carbonyl (C=O) groups excluding carboxylic acids is 1. The molecule has 6 nitrogen and oxygen atoms in total. The number of aryl methyl sites for hydroxylation is 2. The van der Waals surface area contributed by atoms with E-state index in [1.807, 2.05) is 62.1 Å². The molecule has 2 amide bonds. The number of para-hydroxylation sites is 1. The summed E-state index contributed by atoms with van der Waals surface area (Å²) in [7, 11) is 0. The van der Waals surface area contributed by atoms with Crippen LogP contribution in [0.4, 0.5) is 4.79 Å². The van der Waals surface area contributed by atoms with Crippen LogP contribution in [0.2, 0.25) is 0 Å². The number of urea groups is 1. The third-order valence-corrected chi connectivity index (χ3v) is 6.99. The van der Waals surface area contributed by atoms with E-state index in [4.69, 9.17) is 4.98 Å². The summed E-state index contributed by atoms with van der Waals surface area (Å²) in [6.45, 7) is 8.63. The van der Waals surface area contributed by atoms with E-state index in [-0.39, 0.29) is 23.7 Å². The van der Waals surface area contributed by atoms with Crippen LogP contribution in [0.15, 0.2) is 47.3 Å². The van der Waals surface area contributed by atoms with E-state index in [0.717, 1.165) is 42.5 Å². The fourth-order valence-electron chi connectivity index (χ4n) is 5.21. The maximum Gasteiger partial charge on any atom is 0.318 e. The summed E-state index contributed by atoms with van der Waals surface area (Å²) >= 11 is 0. The molecular weight excluding hydrogens is 424 g/mol. The molecule has 2 aromatic carbocycles. The molecule has 1 unspecified atom stereocenters. The van der Waals surface area contributed by atoms with Crippen molar-refractivity contribution < 1.29 is 4.79 Å². The quantitative estimate of drug-likeness (QED) is 0.504. The highest BCUT2D eigenvalue weighted by atomic mass is 16.2. The summed E-state index contributed by atoms with van der Waals surface area (Å²) in [6.07, 6.45) is 6.27. The van der Waals surface area contributed by atoms with Gasteiger partial charge in [-0.3, -0.25) is 9.36 Å². The Balaban J connectivity index is 1.84. The predicted octanol–water partition coefficient (Wildman–Crippen LogP) is 5.82. The first-order valence-electron chi connectivity index (χ1n) is 12.6. The molecule has 1 fully saturated rings. The molecule has 1 aromatic heterocycles. The highest BCUT2D eigenvalue weighted by Gasteiger charge is 2.29. The van der Waals surface area contributed by atoms with Gasteiger partial charge in [0.2, 0.25) is 0 Å². The molecule has 1 N–H and O–H groups in total. The lowest BCUT2D eigenvalue weighted by Crippen LogP contribution is -2.47.